The van der Waals surface area contributed by atoms with Crippen LogP contribution in [-0.4, -0.2) is 17.7 Å². The molecule has 0 bridgehead atoms. The Kier molecular flexibility index (Phi) is 3.44. The molecule has 1 aromatic carbocycles. The third-order valence-corrected chi connectivity index (χ3v) is 2.87. The highest BCUT2D eigenvalue weighted by atomic mass is 35.5. The van der Waals surface area contributed by atoms with Crippen LogP contribution in [0, 0.1) is 6.92 Å². The summed E-state index contributed by atoms with van der Waals surface area (Å²) in [6.45, 7) is 3.02. The number of hydrogen-bond acceptors (Lipinski definition) is 3. The number of carbonyl (C=O) groups excluding carboxylic acids is 3. The van der Waals surface area contributed by atoms with Crippen molar-refractivity contribution >= 4 is 35.0 Å². The van der Waals surface area contributed by atoms with Crippen LogP contribution in [-0.2, 0) is 9.59 Å². The molecule has 2 rings (SSSR count). The number of amides is 3. The molecule has 0 radical (unpaired) electrons. The van der Waals surface area contributed by atoms with Crippen molar-refractivity contribution in [3.05, 3.63) is 27.4 Å². The Hall–Kier alpha value is -2.08. The predicted octanol–water partition coefficient (Wildman–Crippen LogP) is 0.939. The Morgan fingerprint density at radius 2 is 1.95 bits per heavy atom. The number of Topliss-reactive ketones (excluding diaryl/α,β-unsaturated/α-hetero) is 1. The smallest absolute Gasteiger partial charge is 0.325 e. The van der Waals surface area contributed by atoms with Gasteiger partial charge in [-0.1, -0.05) is 11.6 Å². The van der Waals surface area contributed by atoms with Gasteiger partial charge in [-0.05, 0) is 19.9 Å². The number of halogens is 1. The third-order valence-electron chi connectivity index (χ3n) is 2.58. The number of urea groups is 1. The second kappa shape index (κ2) is 4.89. The van der Waals surface area contributed by atoms with Crippen molar-refractivity contribution in [1.29, 1.82) is 0 Å². The highest BCUT2D eigenvalue weighted by Gasteiger charge is 2.15. The number of carbonyl (C=O) groups is 3. The zero-order chi connectivity index (χ0) is 14.2. The molecule has 0 atom stereocenters. The monoisotopic (exact) mass is 279 g/mol. The number of nitrogens with one attached hydrogen (secondary N) is 1. The molecule has 1 heterocycles. The molecule has 7 heteroatoms. The molecule has 0 saturated heterocycles. The van der Waals surface area contributed by atoms with Gasteiger partial charge in [-0.15, -0.1) is 0 Å². The number of fused-ring (bicyclic) bond motifs is 1. The molecule has 0 unspecified atom stereocenters. The number of anilines is 1. The van der Waals surface area contributed by atoms with Gasteiger partial charge in [0.15, 0.2) is 0 Å². The first-order valence-electron chi connectivity index (χ1n) is 5.48. The molecule has 1 aliphatic rings. The van der Waals surface area contributed by atoms with Crippen LogP contribution in [0.1, 0.15) is 18.9 Å². The number of nitrogens with zero attached hydrogens (tertiary/aromatic N) is 2. The molecule has 1 N–H and O–H groups in total. The Bertz CT molecular complexity index is 725. The number of rotatable bonds is 3. The molecule has 0 aromatic heterocycles. The van der Waals surface area contributed by atoms with Gasteiger partial charge in [0.25, 0.3) is 0 Å². The van der Waals surface area contributed by atoms with E-state index in [2.05, 4.69) is 15.3 Å². The summed E-state index contributed by atoms with van der Waals surface area (Å²) in [6, 6.07) is 0.873. The molecule has 3 amide bonds. The van der Waals surface area contributed by atoms with Gasteiger partial charge in [-0.25, -0.2) is 4.79 Å². The first-order valence-corrected chi connectivity index (χ1v) is 5.86. The lowest BCUT2D eigenvalue weighted by atomic mass is 10.1. The van der Waals surface area contributed by atoms with E-state index in [1.54, 1.807) is 6.92 Å². The third kappa shape index (κ3) is 2.68. The van der Waals surface area contributed by atoms with Gasteiger partial charge in [0.2, 0.25) is 5.91 Å². The van der Waals surface area contributed by atoms with Gasteiger partial charge in [-0.3, -0.25) is 9.59 Å². The van der Waals surface area contributed by atoms with Crippen molar-refractivity contribution in [3.63, 3.8) is 0 Å². The Morgan fingerprint density at radius 1 is 1.32 bits per heavy atom. The van der Waals surface area contributed by atoms with Gasteiger partial charge in [0.1, 0.15) is 16.5 Å². The summed E-state index contributed by atoms with van der Waals surface area (Å²) in [5, 5.41) is 3.47. The van der Waals surface area contributed by atoms with E-state index in [-0.39, 0.29) is 17.2 Å². The van der Waals surface area contributed by atoms with Crippen LogP contribution >= 0.6 is 11.6 Å². The fraction of sp³-hybridized carbons (Fsp3) is 0.250. The predicted molar refractivity (Wildman–Crippen MR) is 67.8 cm³/mol. The standard InChI is InChI=1S/C12H10ClN3O3/c1-5(17)3-9(18)14-8-4-7(13)11-10(6(8)2)15-12(19)16-11/h4H,3H2,1-2H3,(H,14,18). The van der Waals surface area contributed by atoms with Crippen LogP contribution < -0.4 is 16.0 Å². The molecule has 6 nitrogen and oxygen atoms in total. The molecule has 98 valence electrons. The Morgan fingerprint density at radius 3 is 2.58 bits per heavy atom. The Balaban J connectivity index is 2.44. The van der Waals surface area contributed by atoms with E-state index in [9.17, 15) is 14.4 Å². The van der Waals surface area contributed by atoms with Crippen molar-refractivity contribution in [2.75, 3.05) is 5.32 Å². The highest BCUT2D eigenvalue weighted by molar-refractivity contribution is 6.31. The van der Waals surface area contributed by atoms with Crippen LogP contribution in [0.15, 0.2) is 16.1 Å². The van der Waals surface area contributed by atoms with Gasteiger partial charge < -0.3 is 5.32 Å². The summed E-state index contributed by atoms with van der Waals surface area (Å²) in [6.07, 6.45) is -0.214. The van der Waals surface area contributed by atoms with Crippen LogP contribution in [0.5, 0.6) is 0 Å². The van der Waals surface area contributed by atoms with Crippen molar-refractivity contribution in [3.8, 4) is 0 Å². The first-order chi connectivity index (χ1) is 8.88. The quantitative estimate of drug-likeness (QED) is 0.835. The number of hydrogen-bond donors (Lipinski definition) is 1. The number of benzene rings is 1. The molecule has 0 fully saturated rings. The minimum absolute atomic E-state index is 0.214. The van der Waals surface area contributed by atoms with Gasteiger partial charge in [-0.2, -0.15) is 9.98 Å². The van der Waals surface area contributed by atoms with Crippen LogP contribution in [0.3, 0.4) is 0 Å². The SMILES string of the molecule is CC(=O)CC(=O)Nc1cc(Cl)c2c(c1C)=NC(=O)N=2. The highest BCUT2D eigenvalue weighted by Crippen LogP contribution is 2.15. The van der Waals surface area contributed by atoms with E-state index in [1.807, 2.05) is 0 Å². The second-order valence-electron chi connectivity index (χ2n) is 4.16. The van der Waals surface area contributed by atoms with E-state index in [4.69, 9.17) is 11.6 Å². The number of ketones is 1. The normalized spacial score (nSPS) is 12.5. The molecular formula is C12H10ClN3O3. The summed E-state index contributed by atoms with van der Waals surface area (Å²) in [7, 11) is 0. The molecule has 19 heavy (non-hydrogen) atoms. The summed E-state index contributed by atoms with van der Waals surface area (Å²) in [5.74, 6) is -0.676. The molecule has 0 spiro atoms. The van der Waals surface area contributed by atoms with Crippen molar-refractivity contribution in [2.45, 2.75) is 20.3 Å². The first kappa shape index (κ1) is 13.4. The van der Waals surface area contributed by atoms with Crippen LogP contribution in [0.4, 0.5) is 10.5 Å². The minimum Gasteiger partial charge on any atom is -0.325 e. The van der Waals surface area contributed by atoms with Crippen molar-refractivity contribution in [2.24, 2.45) is 9.98 Å². The summed E-state index contributed by atoms with van der Waals surface area (Å²) < 4.78 is 0. The van der Waals surface area contributed by atoms with Crippen LogP contribution in [0.2, 0.25) is 5.02 Å². The fourth-order valence-corrected chi connectivity index (χ4v) is 1.97. The molecule has 1 aromatic rings. The average molecular weight is 280 g/mol. The maximum atomic E-state index is 11.6. The van der Waals surface area contributed by atoms with Gasteiger partial charge in [0.05, 0.1) is 11.4 Å². The largest absolute Gasteiger partial charge is 0.368 e. The van der Waals surface area contributed by atoms with Gasteiger partial charge in [0, 0.05) is 11.3 Å². The lowest BCUT2D eigenvalue weighted by molar-refractivity contribution is -0.124. The maximum absolute atomic E-state index is 11.6. The summed E-state index contributed by atoms with van der Waals surface area (Å²) in [5.41, 5.74) is 1.01. The molecule has 1 aliphatic heterocycles. The second-order valence-corrected chi connectivity index (χ2v) is 4.57. The average Bonchev–Trinajstić information content (AvgIpc) is 2.67. The van der Waals surface area contributed by atoms with Crippen molar-refractivity contribution in [1.82, 2.24) is 0 Å². The molecule has 0 saturated carbocycles. The molecular weight excluding hydrogens is 270 g/mol. The summed E-state index contributed by atoms with van der Waals surface area (Å²) in [4.78, 5) is 41.0. The Labute approximate surface area is 113 Å². The van der Waals surface area contributed by atoms with E-state index >= 15 is 0 Å². The van der Waals surface area contributed by atoms with E-state index < -0.39 is 11.9 Å². The lowest BCUT2D eigenvalue weighted by Crippen LogP contribution is -2.28. The van der Waals surface area contributed by atoms with Crippen LogP contribution in [0.25, 0.3) is 0 Å². The maximum Gasteiger partial charge on any atom is 0.368 e. The topological polar surface area (TPSA) is 88.0 Å². The minimum atomic E-state index is -0.618. The zero-order valence-electron chi connectivity index (χ0n) is 10.3. The van der Waals surface area contributed by atoms with E-state index in [1.165, 1.54) is 13.0 Å². The van der Waals surface area contributed by atoms with Crippen molar-refractivity contribution < 1.29 is 14.4 Å². The zero-order valence-corrected chi connectivity index (χ0v) is 11.0. The van der Waals surface area contributed by atoms with E-state index in [0.29, 0.717) is 22.0 Å². The summed E-state index contributed by atoms with van der Waals surface area (Å²) >= 11 is 5.98. The fourth-order valence-electron chi connectivity index (χ4n) is 1.73. The molecule has 0 aliphatic carbocycles. The van der Waals surface area contributed by atoms with E-state index in [0.717, 1.165) is 0 Å². The lowest BCUT2D eigenvalue weighted by Gasteiger charge is -2.07. The van der Waals surface area contributed by atoms with Gasteiger partial charge >= 0.3 is 6.03 Å².